The van der Waals surface area contributed by atoms with Gasteiger partial charge in [0.15, 0.2) is 5.78 Å². The van der Waals surface area contributed by atoms with Crippen molar-refractivity contribution in [1.29, 1.82) is 0 Å². The Hall–Kier alpha value is -10.2. The topological polar surface area (TPSA) is 480 Å². The van der Waals surface area contributed by atoms with Crippen LogP contribution in [0.4, 0.5) is 0 Å². The average molecular weight is 1550 g/mol. The van der Waals surface area contributed by atoms with Crippen LogP contribution in [0.2, 0.25) is 0 Å². The molecule has 18 N–H and O–H groups in total. The maximum absolute atomic E-state index is 15.1. The van der Waals surface area contributed by atoms with E-state index in [1.54, 1.807) is 67.7 Å². The van der Waals surface area contributed by atoms with Crippen molar-refractivity contribution in [2.24, 2.45) is 29.2 Å². The fourth-order valence-corrected chi connectivity index (χ4v) is 12.9. The number of rotatable bonds is 26. The Morgan fingerprint density at radius 3 is 1.87 bits per heavy atom. The van der Waals surface area contributed by atoms with Crippen LogP contribution >= 0.6 is 0 Å². The number of H-pyrrole nitrogens is 1. The second-order valence-corrected chi connectivity index (χ2v) is 30.3. The van der Waals surface area contributed by atoms with Crippen molar-refractivity contribution in [3.05, 3.63) is 114 Å². The summed E-state index contributed by atoms with van der Waals surface area (Å²) in [5, 5.41) is 52.2. The number of fused-ring (bicyclic) bond motifs is 1. The van der Waals surface area contributed by atoms with Gasteiger partial charge in [0.25, 0.3) is 0 Å². The smallest absolute Gasteiger partial charge is 0.246 e. The van der Waals surface area contributed by atoms with Crippen LogP contribution in [-0.2, 0) is 86.4 Å². The van der Waals surface area contributed by atoms with E-state index in [-0.39, 0.29) is 95.9 Å². The fourth-order valence-electron chi connectivity index (χ4n) is 12.9. The maximum atomic E-state index is 15.1. The zero-order chi connectivity index (χ0) is 81.6. The summed E-state index contributed by atoms with van der Waals surface area (Å²) >= 11 is 0. The minimum Gasteiger partial charge on any atom is -0.508 e. The average Bonchev–Trinajstić information content (AvgIpc) is 1.78. The third-order valence-electron chi connectivity index (χ3n) is 19.5. The third kappa shape index (κ3) is 30.5. The lowest BCUT2D eigenvalue weighted by Gasteiger charge is -2.33. The molecule has 610 valence electrons. The van der Waals surface area contributed by atoms with E-state index in [9.17, 15) is 63.0 Å². The monoisotopic (exact) mass is 1540 g/mol. The van der Waals surface area contributed by atoms with E-state index in [4.69, 9.17) is 11.5 Å². The summed E-state index contributed by atoms with van der Waals surface area (Å²) in [6.07, 6.45) is 6.91. The highest BCUT2D eigenvalue weighted by molar-refractivity contribution is 6.41. The summed E-state index contributed by atoms with van der Waals surface area (Å²) in [4.78, 5) is 201. The Morgan fingerprint density at radius 1 is 0.622 bits per heavy atom. The number of ketones is 3. The van der Waals surface area contributed by atoms with Crippen LogP contribution in [0.15, 0.2) is 97.2 Å². The number of para-hydroxylation sites is 1. The Bertz CT molecular complexity index is 3860. The predicted molar refractivity (Wildman–Crippen MR) is 421 cm³/mol. The molecule has 2 unspecified atom stereocenters. The van der Waals surface area contributed by atoms with Gasteiger partial charge in [-0.05, 0) is 146 Å². The minimum atomic E-state index is -1.86. The lowest BCUT2D eigenvalue weighted by Crippen LogP contribution is -2.64. The number of phenols is 1. The molecular weight excluding hydrogens is 1420 g/mol. The van der Waals surface area contributed by atoms with Gasteiger partial charge in [0.1, 0.15) is 47.5 Å². The largest absolute Gasteiger partial charge is 0.508 e. The molecular formula is C81H120N14O16. The second kappa shape index (κ2) is 45.2. The van der Waals surface area contributed by atoms with E-state index < -0.39 is 160 Å². The van der Waals surface area contributed by atoms with E-state index in [2.05, 4.69) is 63.5 Å². The number of primary amides is 2. The molecule has 0 saturated heterocycles. The maximum Gasteiger partial charge on any atom is 0.246 e. The molecule has 3 aromatic carbocycles. The fraction of sp³-hybridized carbons (Fsp3) is 0.556. The van der Waals surface area contributed by atoms with Crippen LogP contribution in [0.5, 0.6) is 5.75 Å². The molecule has 0 bridgehead atoms. The van der Waals surface area contributed by atoms with Crippen LogP contribution in [0.3, 0.4) is 0 Å². The summed E-state index contributed by atoms with van der Waals surface area (Å²) < 4.78 is 0. The third-order valence-corrected chi connectivity index (χ3v) is 19.5. The number of carbonyl (C=O) groups excluding carboxylic acids is 14. The standard InChI is InChI=1S/C80H116N14O16.CH4/c1-46(2)38-56-44-85-60(34-35-66(81)99)69(101)68(100)48(5)86-73(105)64(42-55-43-84-59-29-23-22-28-58(55)59)90-74(106)62(41-54-30-32-57(97)33-31-54)89-71(103)50(7)87-78(110)80(11,37-25-18-16-14-12-13-15-17-24-36-79(10,93-72(56)104)65(98)45-83-49(6)70(82)102)94-76(108)63(40-53-26-20-19-21-27-53)91-77(109)67(51(8)95)92-75(107)61(39-47(3)4)88-52(9)96;/h13,15,19-23,26-33,43,46-51,56,60-64,67,83-85,95,97H,12,14,16-18,24-25,34-42,44-45H2,1-11H3,(H2,81,99)(H2,82,102)(H,86,105)(H,87,110)(H,88,96)(H,89,103)(H,90,106)(H,91,109)(H,92,107)(H,93,104)(H,94,108);1H4/b15-13+;/t48?,49-,50?,51-,56-,60+,61+,62+,63+,64+,67+,79+,80-;/m1./s1. The molecule has 13 atom stereocenters. The Morgan fingerprint density at radius 2 is 1.24 bits per heavy atom. The molecule has 111 heavy (non-hydrogen) atoms. The number of aromatic amines is 1. The van der Waals surface area contributed by atoms with E-state index in [0.29, 0.717) is 72.5 Å². The van der Waals surface area contributed by atoms with Crippen molar-refractivity contribution < 1.29 is 77.3 Å². The first-order valence-electron chi connectivity index (χ1n) is 38.0. The van der Waals surface area contributed by atoms with Crippen LogP contribution in [0.1, 0.15) is 184 Å². The second-order valence-electron chi connectivity index (χ2n) is 30.3. The number of amides is 11. The lowest BCUT2D eigenvalue weighted by molar-refractivity contribution is -0.140. The quantitative estimate of drug-likeness (QED) is 0.0317. The molecule has 4 aromatic rings. The first-order valence-corrected chi connectivity index (χ1v) is 38.0. The minimum absolute atomic E-state index is 0. The predicted octanol–water partition coefficient (Wildman–Crippen LogP) is 3.30. The number of carbonyl (C=O) groups is 14. The van der Waals surface area contributed by atoms with E-state index in [1.165, 1.54) is 65.8 Å². The Kier molecular flexibility index (Phi) is 37.9. The van der Waals surface area contributed by atoms with Gasteiger partial charge in [-0.1, -0.05) is 127 Å². The molecule has 0 fully saturated rings. The normalized spacial score (nSPS) is 23.2. The van der Waals surface area contributed by atoms with Gasteiger partial charge < -0.3 is 79.8 Å². The van der Waals surface area contributed by atoms with Crippen molar-refractivity contribution in [3.8, 4) is 5.75 Å². The molecule has 1 aromatic heterocycles. The first-order chi connectivity index (χ1) is 51.9. The number of nitrogens with two attached hydrogens (primary N) is 2. The van der Waals surface area contributed by atoms with Crippen molar-refractivity contribution in [1.82, 2.24) is 63.5 Å². The zero-order valence-corrected chi connectivity index (χ0v) is 65.2. The molecule has 1 aliphatic rings. The van der Waals surface area contributed by atoms with Crippen LogP contribution in [0.25, 0.3) is 10.9 Å². The molecule has 5 rings (SSSR count). The molecule has 2 heterocycles. The van der Waals surface area contributed by atoms with Crippen molar-refractivity contribution in [2.45, 2.75) is 258 Å². The van der Waals surface area contributed by atoms with Gasteiger partial charge >= 0.3 is 0 Å². The van der Waals surface area contributed by atoms with Gasteiger partial charge in [-0.25, -0.2) is 0 Å². The lowest BCUT2D eigenvalue weighted by atomic mass is 9.87. The van der Waals surface area contributed by atoms with Crippen molar-refractivity contribution >= 4 is 93.2 Å². The summed E-state index contributed by atoms with van der Waals surface area (Å²) in [6, 6.07) is 8.76. The van der Waals surface area contributed by atoms with Gasteiger partial charge in [0, 0.05) is 56.3 Å². The van der Waals surface area contributed by atoms with Gasteiger partial charge in [0.05, 0.1) is 42.2 Å². The molecule has 0 spiro atoms. The number of allylic oxidation sites excluding steroid dienone is 2. The summed E-state index contributed by atoms with van der Waals surface area (Å²) in [5.41, 5.74) is 9.92. The number of phenolic OH excluding ortho intramolecular Hbond substituents is 1. The number of benzene rings is 3. The van der Waals surface area contributed by atoms with Gasteiger partial charge in [-0.2, -0.15) is 0 Å². The molecule has 1 aliphatic heterocycles. The van der Waals surface area contributed by atoms with Crippen molar-refractivity contribution in [3.63, 3.8) is 0 Å². The van der Waals surface area contributed by atoms with Gasteiger partial charge in [-0.3, -0.25) is 72.4 Å². The number of Topliss-reactive ketones (excluding diaryl/α,β-unsaturated/α-hetero) is 3. The molecule has 0 aliphatic carbocycles. The van der Waals surface area contributed by atoms with Gasteiger partial charge in [-0.15, -0.1) is 0 Å². The number of hydrogen-bond donors (Lipinski definition) is 16. The first kappa shape index (κ1) is 93.2. The molecule has 30 heteroatoms. The Balaban J connectivity index is 0.0000260. The van der Waals surface area contributed by atoms with E-state index in [0.717, 1.165) is 0 Å². The SMILES string of the molecule is C.CC(=O)N[C@@H](CC(C)C)C(=O)N[C@H](C(=O)N[C@@H](Cc1ccccc1)C(=O)N[C@]1(C)CCCCCC/C=C/CCC[C@@](C)(C(=O)CN[C@H](C)C(N)=O)NC(=O)[C@H](CC(C)C)CN[C@@H](CCC(N)=O)C(=O)C(=O)C(C)NC(=O)[C@H](Cc2c[nH]c3ccccc23)NC(=O)[C@H](Cc2ccc(O)cc2)NC(=O)C(C)NC1=O)[C@@H](C)O. The number of aliphatic hydroxyl groups is 1. The number of nitrogens with one attached hydrogen (secondary N) is 12. The molecule has 30 nitrogen and oxygen atoms in total. The highest BCUT2D eigenvalue weighted by Crippen LogP contribution is 2.24. The highest BCUT2D eigenvalue weighted by atomic mass is 16.3. The zero-order valence-electron chi connectivity index (χ0n) is 65.2. The van der Waals surface area contributed by atoms with Crippen LogP contribution in [-0.4, -0.2) is 182 Å². The number of aromatic nitrogens is 1. The van der Waals surface area contributed by atoms with Crippen LogP contribution in [0, 0.1) is 17.8 Å². The van der Waals surface area contributed by atoms with Gasteiger partial charge in [0.2, 0.25) is 76.5 Å². The summed E-state index contributed by atoms with van der Waals surface area (Å²) in [6.45, 7) is 16.5. The summed E-state index contributed by atoms with van der Waals surface area (Å²) in [5.74, 6) is -12.7. The molecule has 0 saturated carbocycles. The number of aromatic hydroxyl groups is 1. The van der Waals surface area contributed by atoms with E-state index in [1.807, 2.05) is 39.8 Å². The Labute approximate surface area is 651 Å². The number of hydrogen-bond acceptors (Lipinski definition) is 18. The van der Waals surface area contributed by atoms with Crippen LogP contribution < -0.4 is 70.0 Å². The molecule has 0 radical (unpaired) electrons. The number of aliphatic hydroxyl groups excluding tert-OH is 1. The summed E-state index contributed by atoms with van der Waals surface area (Å²) in [7, 11) is 0. The highest BCUT2D eigenvalue weighted by Gasteiger charge is 2.42. The molecule has 11 amide bonds. The van der Waals surface area contributed by atoms with Crippen molar-refractivity contribution in [2.75, 3.05) is 13.1 Å². The van der Waals surface area contributed by atoms with E-state index >= 15 is 14.4 Å².